The zero-order valence-corrected chi connectivity index (χ0v) is 11.0. The van der Waals surface area contributed by atoms with Crippen LogP contribution >= 0.6 is 0 Å². The van der Waals surface area contributed by atoms with Crippen molar-refractivity contribution in [2.24, 2.45) is 0 Å². The van der Waals surface area contributed by atoms with Gasteiger partial charge in [0.15, 0.2) is 0 Å². The van der Waals surface area contributed by atoms with Crippen LogP contribution in [0, 0.1) is 28.5 Å². The lowest BCUT2D eigenvalue weighted by molar-refractivity contribution is -0.384. The van der Waals surface area contributed by atoms with E-state index < -0.39 is 8.07 Å². The molecule has 0 aliphatic heterocycles. The molecule has 0 fully saturated rings. The van der Waals surface area contributed by atoms with Gasteiger partial charge in [0, 0.05) is 17.7 Å². The first kappa shape index (κ1) is 12.5. The van der Waals surface area contributed by atoms with Crippen molar-refractivity contribution in [1.82, 2.24) is 0 Å². The Bertz CT molecular complexity index is 478. The standard InChI is InChI=1S/C12H15NO2Si/c1-10-5-6-12(13(14)15)9-11(10)7-8-16(2,3)4/h5-6,9H,1-4H3. The fourth-order valence-corrected chi connectivity index (χ4v) is 1.62. The fourth-order valence-electron chi connectivity index (χ4n) is 1.11. The van der Waals surface area contributed by atoms with E-state index in [1.807, 2.05) is 6.92 Å². The Morgan fingerprint density at radius 2 is 1.94 bits per heavy atom. The van der Waals surface area contributed by atoms with Crippen LogP contribution in [0.1, 0.15) is 11.1 Å². The molecule has 4 heteroatoms. The molecule has 0 atom stereocenters. The summed E-state index contributed by atoms with van der Waals surface area (Å²) in [5, 5.41) is 10.6. The normalized spacial score (nSPS) is 10.5. The van der Waals surface area contributed by atoms with Crippen molar-refractivity contribution in [2.75, 3.05) is 0 Å². The van der Waals surface area contributed by atoms with Gasteiger partial charge >= 0.3 is 0 Å². The van der Waals surface area contributed by atoms with Gasteiger partial charge in [-0.15, -0.1) is 5.54 Å². The third kappa shape index (κ3) is 3.52. The molecule has 1 aromatic carbocycles. The van der Waals surface area contributed by atoms with Crippen LogP contribution in [0.2, 0.25) is 19.6 Å². The molecule has 0 aromatic heterocycles. The maximum atomic E-state index is 10.6. The molecule has 0 N–H and O–H groups in total. The van der Waals surface area contributed by atoms with Crippen molar-refractivity contribution in [3.05, 3.63) is 39.4 Å². The molecule has 0 radical (unpaired) electrons. The number of nitro groups is 1. The number of hydrogen-bond acceptors (Lipinski definition) is 2. The van der Waals surface area contributed by atoms with E-state index in [-0.39, 0.29) is 10.6 Å². The maximum absolute atomic E-state index is 10.6. The molecule has 84 valence electrons. The molecule has 0 unspecified atom stereocenters. The first-order chi connectivity index (χ1) is 7.29. The van der Waals surface area contributed by atoms with Crippen molar-refractivity contribution in [1.29, 1.82) is 0 Å². The van der Waals surface area contributed by atoms with Gasteiger partial charge < -0.3 is 0 Å². The van der Waals surface area contributed by atoms with Gasteiger partial charge in [0.1, 0.15) is 8.07 Å². The molecule has 0 saturated heterocycles. The molecule has 0 spiro atoms. The summed E-state index contributed by atoms with van der Waals surface area (Å²) in [6.45, 7) is 8.35. The summed E-state index contributed by atoms with van der Waals surface area (Å²) >= 11 is 0. The van der Waals surface area contributed by atoms with Gasteiger partial charge in [0.25, 0.3) is 5.69 Å². The van der Waals surface area contributed by atoms with E-state index in [1.165, 1.54) is 6.07 Å². The lowest BCUT2D eigenvalue weighted by atomic mass is 10.1. The van der Waals surface area contributed by atoms with Crippen molar-refractivity contribution >= 4 is 13.8 Å². The van der Waals surface area contributed by atoms with Crippen molar-refractivity contribution in [3.63, 3.8) is 0 Å². The highest BCUT2D eigenvalue weighted by Crippen LogP contribution is 2.16. The second-order valence-corrected chi connectivity index (χ2v) is 9.51. The third-order valence-electron chi connectivity index (χ3n) is 2.00. The number of non-ortho nitro benzene ring substituents is 1. The molecule has 0 heterocycles. The van der Waals surface area contributed by atoms with Crippen molar-refractivity contribution < 1.29 is 4.92 Å². The predicted molar refractivity (Wildman–Crippen MR) is 68.1 cm³/mol. The van der Waals surface area contributed by atoms with Crippen LogP contribution < -0.4 is 0 Å². The Balaban J connectivity index is 3.17. The van der Waals surface area contributed by atoms with Crippen LogP contribution in [-0.2, 0) is 0 Å². The Morgan fingerprint density at radius 1 is 1.31 bits per heavy atom. The second kappa shape index (κ2) is 4.50. The van der Waals surface area contributed by atoms with E-state index in [9.17, 15) is 10.1 Å². The van der Waals surface area contributed by atoms with E-state index in [0.717, 1.165) is 11.1 Å². The highest BCUT2D eigenvalue weighted by Gasteiger charge is 2.10. The summed E-state index contributed by atoms with van der Waals surface area (Å²) in [4.78, 5) is 10.2. The van der Waals surface area contributed by atoms with Gasteiger partial charge in [-0.3, -0.25) is 10.1 Å². The summed E-state index contributed by atoms with van der Waals surface area (Å²) in [5.74, 6) is 3.06. The lowest BCUT2D eigenvalue weighted by Crippen LogP contribution is -2.16. The Hall–Kier alpha value is -1.60. The predicted octanol–water partition coefficient (Wildman–Crippen LogP) is 3.13. The summed E-state index contributed by atoms with van der Waals surface area (Å²) in [7, 11) is -1.44. The number of nitrogens with zero attached hydrogens (tertiary/aromatic N) is 1. The number of aryl methyl sites for hydroxylation is 1. The zero-order valence-electron chi connectivity index (χ0n) is 10.00. The molecule has 1 aromatic rings. The Labute approximate surface area is 96.7 Å². The van der Waals surface area contributed by atoms with Crippen LogP contribution in [0.25, 0.3) is 0 Å². The van der Waals surface area contributed by atoms with Crippen LogP contribution in [0.4, 0.5) is 5.69 Å². The molecular formula is C12H15NO2Si. The quantitative estimate of drug-likeness (QED) is 0.324. The van der Waals surface area contributed by atoms with Crippen molar-refractivity contribution in [3.8, 4) is 11.5 Å². The third-order valence-corrected chi connectivity index (χ3v) is 2.88. The monoisotopic (exact) mass is 233 g/mol. The van der Waals surface area contributed by atoms with E-state index in [2.05, 4.69) is 31.1 Å². The average Bonchev–Trinajstić information content (AvgIpc) is 2.14. The van der Waals surface area contributed by atoms with Gasteiger partial charge in [-0.2, -0.15) is 0 Å². The lowest BCUT2D eigenvalue weighted by Gasteiger charge is -2.04. The largest absolute Gasteiger partial charge is 0.270 e. The minimum atomic E-state index is -1.44. The highest BCUT2D eigenvalue weighted by molar-refractivity contribution is 6.83. The smallest absolute Gasteiger partial charge is 0.258 e. The Morgan fingerprint density at radius 3 is 2.44 bits per heavy atom. The molecule has 0 aliphatic rings. The van der Waals surface area contributed by atoms with Crippen molar-refractivity contribution in [2.45, 2.75) is 26.6 Å². The van der Waals surface area contributed by atoms with Gasteiger partial charge in [-0.25, -0.2) is 0 Å². The SMILES string of the molecule is Cc1ccc([N+](=O)[O-])cc1C#C[Si](C)(C)C. The van der Waals surface area contributed by atoms with Gasteiger partial charge in [-0.05, 0) is 12.5 Å². The maximum Gasteiger partial charge on any atom is 0.270 e. The number of benzene rings is 1. The van der Waals surface area contributed by atoms with Gasteiger partial charge in [-0.1, -0.05) is 31.6 Å². The molecule has 0 bridgehead atoms. The van der Waals surface area contributed by atoms with Gasteiger partial charge in [0.2, 0.25) is 0 Å². The molecular weight excluding hydrogens is 218 g/mol. The zero-order chi connectivity index (χ0) is 12.3. The second-order valence-electron chi connectivity index (χ2n) is 4.76. The topological polar surface area (TPSA) is 43.1 Å². The first-order valence-electron chi connectivity index (χ1n) is 5.08. The average molecular weight is 233 g/mol. The molecule has 0 amide bonds. The van der Waals surface area contributed by atoms with Crippen LogP contribution in [0.15, 0.2) is 18.2 Å². The van der Waals surface area contributed by atoms with Crippen LogP contribution in [0.3, 0.4) is 0 Å². The number of hydrogen-bond donors (Lipinski definition) is 0. The van der Waals surface area contributed by atoms with Gasteiger partial charge in [0.05, 0.1) is 4.92 Å². The molecule has 1 rings (SSSR count). The van der Waals surface area contributed by atoms with Crippen LogP contribution in [0.5, 0.6) is 0 Å². The van der Waals surface area contributed by atoms with E-state index >= 15 is 0 Å². The fraction of sp³-hybridized carbons (Fsp3) is 0.333. The number of nitro benzene ring substituents is 1. The summed E-state index contributed by atoms with van der Waals surface area (Å²) in [6.07, 6.45) is 0. The first-order valence-corrected chi connectivity index (χ1v) is 8.58. The molecule has 0 aliphatic carbocycles. The van der Waals surface area contributed by atoms with E-state index in [1.54, 1.807) is 12.1 Å². The summed E-state index contributed by atoms with van der Waals surface area (Å²) < 4.78 is 0. The minimum Gasteiger partial charge on any atom is -0.258 e. The molecule has 3 nitrogen and oxygen atoms in total. The molecule has 16 heavy (non-hydrogen) atoms. The van der Waals surface area contributed by atoms with E-state index in [4.69, 9.17) is 0 Å². The molecule has 0 saturated carbocycles. The van der Waals surface area contributed by atoms with Crippen LogP contribution in [-0.4, -0.2) is 13.0 Å². The summed E-state index contributed by atoms with van der Waals surface area (Å²) in [5.41, 5.74) is 5.06. The minimum absolute atomic E-state index is 0.102. The highest BCUT2D eigenvalue weighted by atomic mass is 28.3. The Kier molecular flexibility index (Phi) is 3.50. The van der Waals surface area contributed by atoms with E-state index in [0.29, 0.717) is 0 Å². The summed E-state index contributed by atoms with van der Waals surface area (Å²) in [6, 6.07) is 4.80. The number of rotatable bonds is 1.